The number of ether oxygens (including phenoxy) is 2. The molecule has 1 aromatic rings. The van der Waals surface area contributed by atoms with Crippen LogP contribution in [0.25, 0.3) is 0 Å². The van der Waals surface area contributed by atoms with Crippen molar-refractivity contribution in [3.05, 3.63) is 23.8 Å². The molecule has 0 spiro atoms. The minimum absolute atomic E-state index is 0.0598. The van der Waals surface area contributed by atoms with Crippen molar-refractivity contribution in [1.82, 2.24) is 5.43 Å². The van der Waals surface area contributed by atoms with Crippen LogP contribution in [0.2, 0.25) is 0 Å². The third-order valence-electron chi connectivity index (χ3n) is 1.93. The Kier molecular flexibility index (Phi) is 5.55. The summed E-state index contributed by atoms with van der Waals surface area (Å²) >= 11 is 4.59. The fraction of sp³-hybridized carbons (Fsp3) is 0.182. The molecule has 0 atom stereocenters. The van der Waals surface area contributed by atoms with Crippen LogP contribution in [0.15, 0.2) is 23.3 Å². The summed E-state index contributed by atoms with van der Waals surface area (Å²) in [6, 6.07) is 4.91. The van der Waals surface area contributed by atoms with Gasteiger partial charge in [-0.05, 0) is 36.0 Å². The largest absolute Gasteiger partial charge is 0.493 e. The number of carboxylic acid groups (broad SMARTS) is 1. The van der Waals surface area contributed by atoms with Gasteiger partial charge in [0.25, 0.3) is 0 Å². The number of nitrogens with two attached hydrogens (primary N) is 1. The van der Waals surface area contributed by atoms with Crippen molar-refractivity contribution >= 4 is 29.5 Å². The van der Waals surface area contributed by atoms with E-state index >= 15 is 0 Å². The van der Waals surface area contributed by atoms with Crippen LogP contribution in [0.4, 0.5) is 0 Å². The highest BCUT2D eigenvalue weighted by Crippen LogP contribution is 2.27. The maximum absolute atomic E-state index is 10.4. The van der Waals surface area contributed by atoms with E-state index in [0.717, 1.165) is 0 Å². The van der Waals surface area contributed by atoms with Crippen molar-refractivity contribution in [3.8, 4) is 11.5 Å². The SMILES string of the molecule is COc1cc(C=NNC(N)=S)ccc1OCC(=O)O. The molecule has 4 N–H and O–H groups in total. The number of methoxy groups -OCH3 is 1. The highest BCUT2D eigenvalue weighted by atomic mass is 32.1. The molecule has 0 aromatic heterocycles. The normalized spacial score (nSPS) is 10.2. The fourth-order valence-electron chi connectivity index (χ4n) is 1.19. The molecule has 0 radical (unpaired) electrons. The van der Waals surface area contributed by atoms with Gasteiger partial charge in [-0.3, -0.25) is 5.43 Å². The van der Waals surface area contributed by atoms with Gasteiger partial charge in [0, 0.05) is 0 Å². The number of rotatable bonds is 6. The van der Waals surface area contributed by atoms with Crippen LogP contribution in [0, 0.1) is 0 Å². The van der Waals surface area contributed by atoms with Crippen molar-refractivity contribution in [1.29, 1.82) is 0 Å². The summed E-state index contributed by atoms with van der Waals surface area (Å²) in [4.78, 5) is 10.4. The second kappa shape index (κ2) is 7.17. The zero-order chi connectivity index (χ0) is 14.3. The lowest BCUT2D eigenvalue weighted by Crippen LogP contribution is -2.23. The molecular formula is C11H13N3O4S. The molecule has 0 aliphatic carbocycles. The molecule has 0 unspecified atom stereocenters. The van der Waals surface area contributed by atoms with Gasteiger partial charge in [-0.2, -0.15) is 5.10 Å². The molecule has 0 aliphatic heterocycles. The summed E-state index contributed by atoms with van der Waals surface area (Å²) in [6.07, 6.45) is 1.49. The van der Waals surface area contributed by atoms with Gasteiger partial charge in [-0.15, -0.1) is 0 Å². The molecule has 0 bridgehead atoms. The lowest BCUT2D eigenvalue weighted by Gasteiger charge is -2.09. The predicted octanol–water partition coefficient (Wildman–Crippen LogP) is 0.326. The number of carbonyl (C=O) groups is 1. The Morgan fingerprint density at radius 1 is 1.58 bits per heavy atom. The molecule has 0 amide bonds. The van der Waals surface area contributed by atoms with Crippen molar-refractivity contribution in [2.45, 2.75) is 0 Å². The van der Waals surface area contributed by atoms with Crippen LogP contribution in [0.1, 0.15) is 5.56 Å². The molecular weight excluding hydrogens is 270 g/mol. The Hall–Kier alpha value is -2.35. The lowest BCUT2D eigenvalue weighted by molar-refractivity contribution is -0.139. The first-order chi connectivity index (χ1) is 9.02. The lowest BCUT2D eigenvalue weighted by atomic mass is 10.2. The zero-order valence-corrected chi connectivity index (χ0v) is 10.9. The third kappa shape index (κ3) is 5.21. The Morgan fingerprint density at radius 2 is 2.32 bits per heavy atom. The number of nitrogens with one attached hydrogen (secondary N) is 1. The minimum Gasteiger partial charge on any atom is -0.493 e. The van der Waals surface area contributed by atoms with Crippen molar-refractivity contribution in [2.75, 3.05) is 13.7 Å². The molecule has 0 saturated carbocycles. The number of thiocarbonyl (C=S) groups is 1. The summed E-state index contributed by atoms with van der Waals surface area (Å²) in [6.45, 7) is -0.438. The molecule has 19 heavy (non-hydrogen) atoms. The van der Waals surface area contributed by atoms with E-state index in [0.29, 0.717) is 17.1 Å². The van der Waals surface area contributed by atoms with Crippen molar-refractivity contribution < 1.29 is 19.4 Å². The molecule has 0 saturated heterocycles. The number of carboxylic acids is 1. The predicted molar refractivity (Wildman–Crippen MR) is 73.6 cm³/mol. The first kappa shape index (κ1) is 14.7. The van der Waals surface area contributed by atoms with Crippen LogP contribution in [0.3, 0.4) is 0 Å². The van der Waals surface area contributed by atoms with Crippen molar-refractivity contribution in [2.24, 2.45) is 10.8 Å². The second-order valence-electron chi connectivity index (χ2n) is 3.33. The van der Waals surface area contributed by atoms with E-state index < -0.39 is 12.6 Å². The molecule has 102 valence electrons. The Morgan fingerprint density at radius 3 is 2.89 bits per heavy atom. The molecule has 8 heteroatoms. The van der Waals surface area contributed by atoms with Crippen LogP contribution in [-0.2, 0) is 4.79 Å². The summed E-state index contributed by atoms with van der Waals surface area (Å²) in [7, 11) is 1.46. The first-order valence-electron chi connectivity index (χ1n) is 5.14. The van der Waals surface area contributed by atoms with Gasteiger partial charge in [0.15, 0.2) is 23.2 Å². The second-order valence-corrected chi connectivity index (χ2v) is 3.77. The van der Waals surface area contributed by atoms with E-state index in [4.69, 9.17) is 20.3 Å². The standard InChI is InChI=1S/C11H13N3O4S/c1-17-9-4-7(5-13-14-11(12)19)2-3-8(9)18-6-10(15)16/h2-5H,6H2,1H3,(H,15,16)(H3,12,14,19). The minimum atomic E-state index is -1.06. The smallest absolute Gasteiger partial charge is 0.341 e. The van der Waals surface area contributed by atoms with Crippen molar-refractivity contribution in [3.63, 3.8) is 0 Å². The van der Waals surface area contributed by atoms with Crippen LogP contribution >= 0.6 is 12.2 Å². The summed E-state index contributed by atoms with van der Waals surface area (Å²) in [5.41, 5.74) is 8.34. The van der Waals surface area contributed by atoms with E-state index in [-0.39, 0.29) is 5.11 Å². The number of hydrogen-bond donors (Lipinski definition) is 3. The van der Waals surface area contributed by atoms with E-state index in [2.05, 4.69) is 22.7 Å². The Balaban J connectivity index is 2.80. The summed E-state index contributed by atoms with van der Waals surface area (Å²) in [5, 5.41) is 12.4. The topological polar surface area (TPSA) is 106 Å². The summed E-state index contributed by atoms with van der Waals surface area (Å²) in [5.74, 6) is -0.321. The molecule has 1 aromatic carbocycles. The molecule has 0 fully saturated rings. The van der Waals surface area contributed by atoms with Crippen LogP contribution in [-0.4, -0.2) is 36.1 Å². The molecule has 0 heterocycles. The van der Waals surface area contributed by atoms with Gasteiger partial charge in [0.1, 0.15) is 0 Å². The average molecular weight is 283 g/mol. The van der Waals surface area contributed by atoms with Crippen LogP contribution < -0.4 is 20.6 Å². The summed E-state index contributed by atoms with van der Waals surface area (Å²) < 4.78 is 10.2. The first-order valence-corrected chi connectivity index (χ1v) is 5.55. The van der Waals surface area contributed by atoms with E-state index in [1.807, 2.05) is 0 Å². The quantitative estimate of drug-likeness (QED) is 0.392. The van der Waals surface area contributed by atoms with Gasteiger partial charge >= 0.3 is 5.97 Å². The van der Waals surface area contributed by atoms with E-state index in [1.54, 1.807) is 18.2 Å². The van der Waals surface area contributed by atoms with E-state index in [1.165, 1.54) is 13.3 Å². The molecule has 0 aliphatic rings. The van der Waals surface area contributed by atoms with Gasteiger partial charge in [-0.25, -0.2) is 4.79 Å². The molecule has 1 rings (SSSR count). The van der Waals surface area contributed by atoms with Gasteiger partial charge < -0.3 is 20.3 Å². The number of nitrogens with zero attached hydrogens (tertiary/aromatic N) is 1. The number of hydrazone groups is 1. The zero-order valence-electron chi connectivity index (χ0n) is 10.1. The van der Waals surface area contributed by atoms with Gasteiger partial charge in [0.2, 0.25) is 0 Å². The third-order valence-corrected chi connectivity index (χ3v) is 2.02. The number of benzene rings is 1. The maximum Gasteiger partial charge on any atom is 0.341 e. The monoisotopic (exact) mass is 283 g/mol. The highest BCUT2D eigenvalue weighted by molar-refractivity contribution is 7.80. The fourth-order valence-corrected chi connectivity index (χ4v) is 1.25. The van der Waals surface area contributed by atoms with Gasteiger partial charge in [-0.1, -0.05) is 0 Å². The Bertz CT molecular complexity index is 505. The van der Waals surface area contributed by atoms with Crippen LogP contribution in [0.5, 0.6) is 11.5 Å². The molecule has 7 nitrogen and oxygen atoms in total. The number of hydrogen-bond acceptors (Lipinski definition) is 5. The van der Waals surface area contributed by atoms with Gasteiger partial charge in [0.05, 0.1) is 13.3 Å². The van der Waals surface area contributed by atoms with E-state index in [9.17, 15) is 4.79 Å². The number of aliphatic carboxylic acids is 1. The maximum atomic E-state index is 10.4. The highest BCUT2D eigenvalue weighted by Gasteiger charge is 2.07. The average Bonchev–Trinajstić information content (AvgIpc) is 2.36. The Labute approximate surface area is 115 Å².